The first-order chi connectivity index (χ1) is 7.66. The van der Waals surface area contributed by atoms with Gasteiger partial charge in [0, 0.05) is 6.54 Å². The van der Waals surface area contributed by atoms with Gasteiger partial charge in [0.2, 0.25) is 0 Å². The van der Waals surface area contributed by atoms with Gasteiger partial charge < -0.3 is 0 Å². The second kappa shape index (κ2) is 4.83. The van der Waals surface area contributed by atoms with Crippen molar-refractivity contribution < 1.29 is 0 Å². The second-order valence-electron chi connectivity index (χ2n) is 7.02. The molecule has 1 aliphatic rings. The molecule has 1 aliphatic heterocycles. The molecule has 0 saturated heterocycles. The number of allylic oxidation sites excluding steroid dienone is 1. The van der Waals surface area contributed by atoms with Crippen molar-refractivity contribution in [1.82, 2.24) is 5.01 Å². The van der Waals surface area contributed by atoms with Gasteiger partial charge in [0.05, 0.1) is 12.8 Å². The van der Waals surface area contributed by atoms with Crippen LogP contribution in [0.25, 0.3) is 0 Å². The Hall–Kier alpha value is -0.790. The minimum atomic E-state index is 0.185. The fourth-order valence-corrected chi connectivity index (χ4v) is 2.21. The maximum Gasteiger partial charge on any atom is 0.0582 e. The highest BCUT2D eigenvalue weighted by atomic mass is 15.4. The summed E-state index contributed by atoms with van der Waals surface area (Å²) < 4.78 is 0. The molecule has 0 aromatic heterocycles. The van der Waals surface area contributed by atoms with Gasteiger partial charge in [-0.2, -0.15) is 5.10 Å². The fraction of sp³-hybridized carbons (Fsp3) is 0.800. The average molecular weight is 236 g/mol. The van der Waals surface area contributed by atoms with E-state index in [1.54, 1.807) is 0 Å². The van der Waals surface area contributed by atoms with Gasteiger partial charge in [-0.3, -0.25) is 5.01 Å². The van der Waals surface area contributed by atoms with Gasteiger partial charge in [0.25, 0.3) is 0 Å². The molecule has 0 unspecified atom stereocenters. The number of hydrogen-bond donors (Lipinski definition) is 0. The summed E-state index contributed by atoms with van der Waals surface area (Å²) in [6.45, 7) is 18.0. The van der Waals surface area contributed by atoms with Gasteiger partial charge in [-0.15, -0.1) is 0 Å². The Balaban J connectivity index is 3.09. The van der Waals surface area contributed by atoms with Crippen LogP contribution < -0.4 is 0 Å². The van der Waals surface area contributed by atoms with Crippen molar-refractivity contribution in [3.63, 3.8) is 0 Å². The molecule has 0 saturated carbocycles. The Bertz CT molecular complexity index is 324. The summed E-state index contributed by atoms with van der Waals surface area (Å²) in [4.78, 5) is 0. The maximum atomic E-state index is 4.58. The molecule has 0 spiro atoms. The number of hydrogen-bond acceptors (Lipinski definition) is 2. The van der Waals surface area contributed by atoms with Crippen molar-refractivity contribution in [3.8, 4) is 0 Å². The van der Waals surface area contributed by atoms with E-state index in [1.165, 1.54) is 11.1 Å². The van der Waals surface area contributed by atoms with Crippen LogP contribution >= 0.6 is 0 Å². The molecular formula is C15H28N2. The predicted octanol–water partition coefficient (Wildman–Crippen LogP) is 4.09. The largest absolute Gasteiger partial charge is 0.293 e. The van der Waals surface area contributed by atoms with E-state index < -0.39 is 0 Å². The molecule has 0 fully saturated rings. The molecule has 0 aromatic carbocycles. The summed E-state index contributed by atoms with van der Waals surface area (Å²) in [7, 11) is 0. The summed E-state index contributed by atoms with van der Waals surface area (Å²) in [6, 6.07) is 0. The highest BCUT2D eigenvalue weighted by Crippen LogP contribution is 2.37. The second-order valence-corrected chi connectivity index (χ2v) is 7.02. The monoisotopic (exact) mass is 236 g/mol. The van der Waals surface area contributed by atoms with Gasteiger partial charge in [-0.25, -0.2) is 0 Å². The van der Waals surface area contributed by atoms with Gasteiger partial charge in [-0.1, -0.05) is 48.5 Å². The molecule has 0 radical (unpaired) electrons. The summed E-state index contributed by atoms with van der Waals surface area (Å²) in [5.74, 6) is 0. The van der Waals surface area contributed by atoms with Crippen LogP contribution in [-0.2, 0) is 0 Å². The SMILES string of the molecule is CCCN1CC(C(C)(C)C)=C(C(C)(C)C)C=N1. The van der Waals surface area contributed by atoms with Gasteiger partial charge >= 0.3 is 0 Å². The van der Waals surface area contributed by atoms with E-state index >= 15 is 0 Å². The van der Waals surface area contributed by atoms with Gasteiger partial charge in [-0.05, 0) is 28.4 Å². The normalized spacial score (nSPS) is 17.9. The smallest absolute Gasteiger partial charge is 0.0582 e. The Morgan fingerprint density at radius 2 is 1.71 bits per heavy atom. The van der Waals surface area contributed by atoms with Crippen molar-refractivity contribution >= 4 is 6.21 Å². The third-order valence-electron chi connectivity index (χ3n) is 3.21. The Morgan fingerprint density at radius 3 is 2.12 bits per heavy atom. The molecule has 1 rings (SSSR count). The molecule has 1 heterocycles. The summed E-state index contributed by atoms with van der Waals surface area (Å²) in [6.07, 6.45) is 3.24. The van der Waals surface area contributed by atoms with Crippen LogP contribution in [0.2, 0.25) is 0 Å². The lowest BCUT2D eigenvalue weighted by Gasteiger charge is -2.37. The Kier molecular flexibility index (Phi) is 4.06. The number of nitrogens with zero attached hydrogens (tertiary/aromatic N) is 2. The summed E-state index contributed by atoms with van der Waals surface area (Å²) in [5, 5.41) is 6.77. The van der Waals surface area contributed by atoms with Crippen molar-refractivity contribution in [3.05, 3.63) is 11.1 Å². The third kappa shape index (κ3) is 3.58. The zero-order valence-electron chi connectivity index (χ0n) is 12.6. The molecule has 0 amide bonds. The van der Waals surface area contributed by atoms with E-state index in [0.717, 1.165) is 19.5 Å². The molecule has 2 heteroatoms. The van der Waals surface area contributed by atoms with E-state index in [1.807, 2.05) is 0 Å². The average Bonchev–Trinajstić information content (AvgIpc) is 2.15. The molecule has 2 nitrogen and oxygen atoms in total. The molecule has 0 atom stereocenters. The first kappa shape index (κ1) is 14.3. The minimum absolute atomic E-state index is 0.185. The fourth-order valence-electron chi connectivity index (χ4n) is 2.21. The van der Waals surface area contributed by atoms with Crippen LogP contribution in [0.5, 0.6) is 0 Å². The molecule has 0 bridgehead atoms. The summed E-state index contributed by atoms with van der Waals surface area (Å²) >= 11 is 0. The predicted molar refractivity (Wildman–Crippen MR) is 76.3 cm³/mol. The first-order valence-corrected chi connectivity index (χ1v) is 6.69. The summed E-state index contributed by atoms with van der Waals surface area (Å²) in [5.41, 5.74) is 3.36. The Morgan fingerprint density at radius 1 is 1.12 bits per heavy atom. The Labute approximate surface area is 107 Å². The molecular weight excluding hydrogens is 208 g/mol. The lowest BCUT2D eigenvalue weighted by Crippen LogP contribution is -2.34. The maximum absolute atomic E-state index is 4.58. The van der Waals surface area contributed by atoms with Gasteiger partial charge in [0.15, 0.2) is 0 Å². The molecule has 17 heavy (non-hydrogen) atoms. The van der Waals surface area contributed by atoms with E-state index in [2.05, 4.69) is 64.8 Å². The van der Waals surface area contributed by atoms with E-state index in [0.29, 0.717) is 0 Å². The lowest BCUT2D eigenvalue weighted by molar-refractivity contribution is 0.278. The molecule has 98 valence electrons. The standard InChI is InChI=1S/C15H28N2/c1-8-9-17-11-13(15(5,6)7)12(10-16-17)14(2,3)4/h10H,8-9,11H2,1-7H3. The van der Waals surface area contributed by atoms with E-state index in [4.69, 9.17) is 0 Å². The highest BCUT2D eigenvalue weighted by Gasteiger charge is 2.30. The third-order valence-corrected chi connectivity index (χ3v) is 3.21. The number of hydrazone groups is 1. The van der Waals surface area contributed by atoms with E-state index in [9.17, 15) is 0 Å². The zero-order valence-corrected chi connectivity index (χ0v) is 12.6. The molecule has 0 aromatic rings. The van der Waals surface area contributed by atoms with Crippen LogP contribution in [0, 0.1) is 10.8 Å². The lowest BCUT2D eigenvalue weighted by atomic mass is 9.75. The van der Waals surface area contributed by atoms with Crippen molar-refractivity contribution in [2.45, 2.75) is 54.9 Å². The van der Waals surface area contributed by atoms with Crippen LogP contribution in [0.4, 0.5) is 0 Å². The minimum Gasteiger partial charge on any atom is -0.293 e. The first-order valence-electron chi connectivity index (χ1n) is 6.69. The van der Waals surface area contributed by atoms with Crippen LogP contribution in [0.15, 0.2) is 16.2 Å². The molecule has 0 N–H and O–H groups in total. The van der Waals surface area contributed by atoms with Crippen LogP contribution in [-0.4, -0.2) is 24.3 Å². The van der Waals surface area contributed by atoms with E-state index in [-0.39, 0.29) is 10.8 Å². The number of rotatable bonds is 2. The topological polar surface area (TPSA) is 15.6 Å². The van der Waals surface area contributed by atoms with Crippen molar-refractivity contribution in [1.29, 1.82) is 0 Å². The highest BCUT2D eigenvalue weighted by molar-refractivity contribution is 5.82. The van der Waals surface area contributed by atoms with Gasteiger partial charge in [0.1, 0.15) is 0 Å². The van der Waals surface area contributed by atoms with Crippen molar-refractivity contribution in [2.24, 2.45) is 15.9 Å². The van der Waals surface area contributed by atoms with Crippen LogP contribution in [0.3, 0.4) is 0 Å². The molecule has 0 aliphatic carbocycles. The van der Waals surface area contributed by atoms with Crippen LogP contribution in [0.1, 0.15) is 54.9 Å². The van der Waals surface area contributed by atoms with Crippen molar-refractivity contribution in [2.75, 3.05) is 13.1 Å². The zero-order chi connectivity index (χ0) is 13.3. The quantitative estimate of drug-likeness (QED) is 0.705.